The first-order valence-corrected chi connectivity index (χ1v) is 11.9. The summed E-state index contributed by atoms with van der Waals surface area (Å²) in [7, 11) is -1.37. The average Bonchev–Trinajstić information content (AvgIpc) is 3.09. The van der Waals surface area contributed by atoms with Crippen LogP contribution in [0.4, 0.5) is 0 Å². The molecular formula is C20H23N3O3S2. The van der Waals surface area contributed by atoms with Crippen LogP contribution in [0.25, 0.3) is 11.4 Å². The first kappa shape index (κ1) is 20.4. The summed E-state index contributed by atoms with van der Waals surface area (Å²) in [5.74, 6) is 2.11. The minimum absolute atomic E-state index is 0.112. The van der Waals surface area contributed by atoms with Crippen molar-refractivity contribution in [2.24, 2.45) is 0 Å². The second kappa shape index (κ2) is 9.25. The number of aromatic nitrogens is 3. The largest absolute Gasteiger partial charge is 0.497 e. The van der Waals surface area contributed by atoms with E-state index in [-0.39, 0.29) is 5.75 Å². The molecule has 2 aromatic carbocycles. The van der Waals surface area contributed by atoms with Gasteiger partial charge in [0.25, 0.3) is 0 Å². The van der Waals surface area contributed by atoms with Gasteiger partial charge in [0.05, 0.1) is 12.9 Å². The molecule has 0 saturated heterocycles. The summed E-state index contributed by atoms with van der Waals surface area (Å²) in [5, 5.41) is 9.42. The summed E-state index contributed by atoms with van der Waals surface area (Å²) in [4.78, 5) is 0. The monoisotopic (exact) mass is 417 g/mol. The van der Waals surface area contributed by atoms with Crippen LogP contribution in [-0.2, 0) is 22.8 Å². The average molecular weight is 418 g/mol. The van der Waals surface area contributed by atoms with Crippen LogP contribution in [0.5, 0.6) is 5.75 Å². The Morgan fingerprint density at radius 2 is 1.75 bits per heavy atom. The molecule has 0 amide bonds. The Hall–Kier alpha value is -2.32. The number of benzene rings is 2. The molecule has 3 rings (SSSR count). The molecule has 0 unspecified atom stereocenters. The lowest BCUT2D eigenvalue weighted by Crippen LogP contribution is -2.08. The SMILES string of the molecule is COc1ccc(-c2nnc(SCCS(C)(=O)=O)n2CCc2ccccc2)cc1. The Balaban J connectivity index is 1.85. The maximum atomic E-state index is 11.4. The molecule has 0 spiro atoms. The fourth-order valence-electron chi connectivity index (χ4n) is 2.72. The number of rotatable bonds is 9. The van der Waals surface area contributed by atoms with Crippen molar-refractivity contribution < 1.29 is 13.2 Å². The second-order valence-electron chi connectivity index (χ2n) is 6.40. The van der Waals surface area contributed by atoms with Crippen molar-refractivity contribution in [3.8, 4) is 17.1 Å². The van der Waals surface area contributed by atoms with Crippen LogP contribution in [0.15, 0.2) is 59.8 Å². The van der Waals surface area contributed by atoms with E-state index in [9.17, 15) is 8.42 Å². The third-order valence-electron chi connectivity index (χ3n) is 4.22. The predicted octanol–water partition coefficient (Wildman–Crippen LogP) is 3.33. The number of sulfone groups is 1. The van der Waals surface area contributed by atoms with E-state index in [4.69, 9.17) is 4.74 Å². The fraction of sp³-hybridized carbons (Fsp3) is 0.300. The van der Waals surface area contributed by atoms with Crippen molar-refractivity contribution in [3.05, 3.63) is 60.2 Å². The number of ether oxygens (including phenoxy) is 1. The molecule has 0 N–H and O–H groups in total. The van der Waals surface area contributed by atoms with Gasteiger partial charge < -0.3 is 9.30 Å². The first-order valence-electron chi connectivity index (χ1n) is 8.88. The van der Waals surface area contributed by atoms with Crippen LogP contribution < -0.4 is 4.74 Å². The minimum Gasteiger partial charge on any atom is -0.497 e. The molecule has 0 aliphatic carbocycles. The molecule has 6 nitrogen and oxygen atoms in total. The van der Waals surface area contributed by atoms with Crippen molar-refractivity contribution in [1.82, 2.24) is 14.8 Å². The van der Waals surface area contributed by atoms with Gasteiger partial charge >= 0.3 is 0 Å². The standard InChI is InChI=1S/C20H23N3O3S2/c1-26-18-10-8-17(9-11-18)19-21-22-20(27-14-15-28(2,24)25)23(19)13-12-16-6-4-3-5-7-16/h3-11H,12-15H2,1-2H3. The van der Waals surface area contributed by atoms with Gasteiger partial charge in [-0.3, -0.25) is 0 Å². The van der Waals surface area contributed by atoms with Crippen molar-refractivity contribution >= 4 is 21.6 Å². The molecule has 1 aromatic heterocycles. The number of nitrogens with zero attached hydrogens (tertiary/aromatic N) is 3. The Bertz CT molecular complexity index is 1000. The van der Waals surface area contributed by atoms with Crippen LogP contribution in [0.2, 0.25) is 0 Å². The fourth-order valence-corrected chi connectivity index (χ4v) is 4.88. The van der Waals surface area contributed by atoms with Crippen molar-refractivity contribution in [3.63, 3.8) is 0 Å². The molecule has 0 saturated carbocycles. The zero-order valence-corrected chi connectivity index (χ0v) is 17.5. The van der Waals surface area contributed by atoms with Gasteiger partial charge in [-0.25, -0.2) is 8.42 Å². The van der Waals surface area contributed by atoms with Gasteiger partial charge in [0.15, 0.2) is 11.0 Å². The molecule has 28 heavy (non-hydrogen) atoms. The number of methoxy groups -OCH3 is 1. The van der Waals surface area contributed by atoms with Crippen molar-refractivity contribution in [2.45, 2.75) is 18.1 Å². The zero-order chi connectivity index (χ0) is 20.0. The maximum Gasteiger partial charge on any atom is 0.191 e. The molecule has 0 fully saturated rings. The summed E-state index contributed by atoms with van der Waals surface area (Å²) in [6.07, 6.45) is 2.08. The van der Waals surface area contributed by atoms with Crippen molar-refractivity contribution in [2.75, 3.05) is 24.9 Å². The first-order chi connectivity index (χ1) is 13.5. The lowest BCUT2D eigenvalue weighted by molar-refractivity contribution is 0.415. The summed E-state index contributed by atoms with van der Waals surface area (Å²) in [6, 6.07) is 17.9. The van der Waals surface area contributed by atoms with E-state index >= 15 is 0 Å². The van der Waals surface area contributed by atoms with Gasteiger partial charge in [-0.1, -0.05) is 42.1 Å². The number of hydrogen-bond acceptors (Lipinski definition) is 6. The van der Waals surface area contributed by atoms with Crippen molar-refractivity contribution in [1.29, 1.82) is 0 Å². The highest BCUT2D eigenvalue weighted by Crippen LogP contribution is 2.26. The lowest BCUT2D eigenvalue weighted by Gasteiger charge is -2.11. The minimum atomic E-state index is -3.01. The highest BCUT2D eigenvalue weighted by atomic mass is 32.2. The van der Waals surface area contributed by atoms with Gasteiger partial charge in [-0.15, -0.1) is 10.2 Å². The molecule has 0 bridgehead atoms. The van der Waals surface area contributed by atoms with E-state index in [1.165, 1.54) is 23.6 Å². The molecule has 0 aliphatic heterocycles. The lowest BCUT2D eigenvalue weighted by atomic mass is 10.1. The molecule has 1 heterocycles. The summed E-state index contributed by atoms with van der Waals surface area (Å²) >= 11 is 1.42. The van der Waals surface area contributed by atoms with E-state index < -0.39 is 9.84 Å². The van der Waals surface area contributed by atoms with Gasteiger partial charge in [0.1, 0.15) is 15.6 Å². The van der Waals surface area contributed by atoms with Crippen LogP contribution in [0, 0.1) is 0 Å². The van der Waals surface area contributed by atoms with Crippen LogP contribution in [-0.4, -0.2) is 48.1 Å². The van der Waals surface area contributed by atoms with Gasteiger partial charge in [0.2, 0.25) is 0 Å². The van der Waals surface area contributed by atoms with E-state index in [0.29, 0.717) is 12.3 Å². The van der Waals surface area contributed by atoms with E-state index in [1.54, 1.807) is 7.11 Å². The molecule has 8 heteroatoms. The third-order valence-corrected chi connectivity index (χ3v) is 6.39. The normalized spacial score (nSPS) is 11.5. The smallest absolute Gasteiger partial charge is 0.191 e. The third kappa shape index (κ3) is 5.59. The highest BCUT2D eigenvalue weighted by Gasteiger charge is 2.15. The van der Waals surface area contributed by atoms with Gasteiger partial charge in [0, 0.05) is 24.1 Å². The summed E-state index contributed by atoms with van der Waals surface area (Å²) < 4.78 is 30.2. The second-order valence-corrected chi connectivity index (χ2v) is 9.72. The zero-order valence-electron chi connectivity index (χ0n) is 15.9. The topological polar surface area (TPSA) is 74.1 Å². The molecule has 0 atom stereocenters. The Labute approximate surface area is 169 Å². The van der Waals surface area contributed by atoms with Crippen LogP contribution in [0.1, 0.15) is 5.56 Å². The quantitative estimate of drug-likeness (QED) is 0.497. The molecule has 3 aromatic rings. The number of aryl methyl sites for hydroxylation is 1. The maximum absolute atomic E-state index is 11.4. The summed E-state index contributed by atoms with van der Waals surface area (Å²) in [6.45, 7) is 0.708. The highest BCUT2D eigenvalue weighted by molar-refractivity contribution is 8.00. The molecular weight excluding hydrogens is 394 g/mol. The number of thioether (sulfide) groups is 1. The molecule has 0 aliphatic rings. The van der Waals surface area contributed by atoms with Gasteiger partial charge in [-0.2, -0.15) is 0 Å². The molecule has 0 radical (unpaired) electrons. The predicted molar refractivity (Wildman–Crippen MR) is 113 cm³/mol. The van der Waals surface area contributed by atoms with Crippen LogP contribution >= 0.6 is 11.8 Å². The van der Waals surface area contributed by atoms with E-state index in [1.807, 2.05) is 42.5 Å². The van der Waals surface area contributed by atoms with Gasteiger partial charge in [-0.05, 0) is 36.2 Å². The van der Waals surface area contributed by atoms with Crippen LogP contribution in [0.3, 0.4) is 0 Å². The van der Waals surface area contributed by atoms with E-state index in [2.05, 4.69) is 26.9 Å². The Morgan fingerprint density at radius 3 is 2.39 bits per heavy atom. The Morgan fingerprint density at radius 1 is 1.04 bits per heavy atom. The Kier molecular flexibility index (Phi) is 6.74. The summed E-state index contributed by atoms with van der Waals surface area (Å²) in [5.41, 5.74) is 2.17. The number of hydrogen-bond donors (Lipinski definition) is 0. The molecule has 148 valence electrons. The van der Waals surface area contributed by atoms with E-state index in [0.717, 1.165) is 28.7 Å².